The summed E-state index contributed by atoms with van der Waals surface area (Å²) in [6.07, 6.45) is 1.70. The quantitative estimate of drug-likeness (QED) is 0.333. The molecule has 0 aliphatic heterocycles. The van der Waals surface area contributed by atoms with E-state index in [1.807, 2.05) is 19.1 Å². The lowest BCUT2D eigenvalue weighted by Gasteiger charge is -2.08. The first-order valence-corrected chi connectivity index (χ1v) is 8.26. The Kier molecular flexibility index (Phi) is 7.23. The van der Waals surface area contributed by atoms with Crippen LogP contribution in [0.3, 0.4) is 0 Å². The number of thiocarbonyl (C=S) groups is 1. The lowest BCUT2D eigenvalue weighted by Crippen LogP contribution is -2.32. The van der Waals surface area contributed by atoms with Gasteiger partial charge in [0.25, 0.3) is 0 Å². The van der Waals surface area contributed by atoms with Gasteiger partial charge in [-0.2, -0.15) is 5.10 Å². The van der Waals surface area contributed by atoms with Crippen molar-refractivity contribution < 1.29 is 13.5 Å². The maximum Gasteiger partial charge on any atom is 0.187 e. The minimum Gasteiger partial charge on any atom is -0.489 e. The fourth-order valence-corrected chi connectivity index (χ4v) is 2.12. The summed E-state index contributed by atoms with van der Waals surface area (Å²) in [4.78, 5) is 0. The van der Waals surface area contributed by atoms with Crippen LogP contribution in [-0.4, -0.2) is 17.4 Å². The third-order valence-electron chi connectivity index (χ3n) is 3.39. The van der Waals surface area contributed by atoms with E-state index in [-0.39, 0.29) is 6.61 Å². The van der Waals surface area contributed by atoms with Crippen molar-refractivity contribution in [1.82, 2.24) is 10.7 Å². The van der Waals surface area contributed by atoms with E-state index in [4.69, 9.17) is 17.0 Å². The average molecular weight is 375 g/mol. The lowest BCUT2D eigenvalue weighted by atomic mass is 10.1. The molecule has 0 aliphatic carbocycles. The SMILES string of the molecule is C=CCNC(=S)N/N=C(\C)c1ccc(OCc2ccc(F)c(F)c2)cc1. The fraction of sp³-hybridized carbons (Fsp3) is 0.158. The molecule has 7 heteroatoms. The summed E-state index contributed by atoms with van der Waals surface area (Å²) in [6, 6.07) is 10.9. The topological polar surface area (TPSA) is 45.7 Å². The van der Waals surface area contributed by atoms with Gasteiger partial charge in [0.1, 0.15) is 12.4 Å². The molecule has 2 rings (SSSR count). The standard InChI is InChI=1S/C19H19F2N3OS/c1-3-10-22-19(26)24-23-13(2)15-5-7-16(8-6-15)25-12-14-4-9-17(20)18(21)11-14/h3-9,11H,1,10,12H2,2H3,(H2,22,24,26)/b23-13+. The van der Waals surface area contributed by atoms with Gasteiger partial charge in [0.05, 0.1) is 5.71 Å². The molecule has 0 amide bonds. The molecule has 0 atom stereocenters. The Morgan fingerprint density at radius 2 is 1.92 bits per heavy atom. The van der Waals surface area contributed by atoms with E-state index in [0.717, 1.165) is 23.4 Å². The van der Waals surface area contributed by atoms with E-state index in [2.05, 4.69) is 22.4 Å². The van der Waals surface area contributed by atoms with E-state index < -0.39 is 11.6 Å². The molecule has 0 heterocycles. The molecule has 0 radical (unpaired) electrons. The summed E-state index contributed by atoms with van der Waals surface area (Å²) >= 11 is 5.06. The minimum atomic E-state index is -0.888. The zero-order valence-electron chi connectivity index (χ0n) is 14.3. The normalized spacial score (nSPS) is 11.0. The molecule has 2 aromatic rings. The number of halogens is 2. The third kappa shape index (κ3) is 5.93. The summed E-state index contributed by atoms with van der Waals surface area (Å²) in [5.74, 6) is -1.15. The molecule has 0 saturated carbocycles. The highest BCUT2D eigenvalue weighted by Crippen LogP contribution is 2.16. The second-order valence-electron chi connectivity index (χ2n) is 5.37. The summed E-state index contributed by atoms with van der Waals surface area (Å²) in [5, 5.41) is 7.52. The third-order valence-corrected chi connectivity index (χ3v) is 3.63. The molecule has 0 saturated heterocycles. The second-order valence-corrected chi connectivity index (χ2v) is 5.78. The van der Waals surface area contributed by atoms with Crippen molar-refractivity contribution in [1.29, 1.82) is 0 Å². The van der Waals surface area contributed by atoms with Crippen LogP contribution in [0.25, 0.3) is 0 Å². The zero-order chi connectivity index (χ0) is 18.9. The molecule has 0 aliphatic rings. The predicted octanol–water partition coefficient (Wildman–Crippen LogP) is 3.92. The van der Waals surface area contributed by atoms with Crippen LogP contribution in [0.5, 0.6) is 5.75 Å². The second kappa shape index (κ2) is 9.62. The van der Waals surface area contributed by atoms with Crippen molar-refractivity contribution >= 4 is 23.0 Å². The summed E-state index contributed by atoms with van der Waals surface area (Å²) in [5.41, 5.74) is 4.94. The van der Waals surface area contributed by atoms with Gasteiger partial charge in [0.2, 0.25) is 0 Å². The summed E-state index contributed by atoms with van der Waals surface area (Å²) in [7, 11) is 0. The van der Waals surface area contributed by atoms with Gasteiger partial charge < -0.3 is 10.1 Å². The maximum absolute atomic E-state index is 13.2. The van der Waals surface area contributed by atoms with Crippen LogP contribution < -0.4 is 15.5 Å². The molecule has 0 aromatic heterocycles. The van der Waals surface area contributed by atoms with Crippen LogP contribution in [0.2, 0.25) is 0 Å². The number of ether oxygens (including phenoxy) is 1. The van der Waals surface area contributed by atoms with Crippen LogP contribution in [0.1, 0.15) is 18.1 Å². The zero-order valence-corrected chi connectivity index (χ0v) is 15.1. The number of benzene rings is 2. The van der Waals surface area contributed by atoms with Gasteiger partial charge in [-0.1, -0.05) is 12.1 Å². The Morgan fingerprint density at radius 3 is 2.58 bits per heavy atom. The van der Waals surface area contributed by atoms with Crippen molar-refractivity contribution in [2.45, 2.75) is 13.5 Å². The molecule has 0 unspecified atom stereocenters. The molecule has 0 fully saturated rings. The molecular weight excluding hydrogens is 356 g/mol. The van der Waals surface area contributed by atoms with Crippen LogP contribution in [0, 0.1) is 11.6 Å². The van der Waals surface area contributed by atoms with Crippen molar-refractivity contribution in [3.63, 3.8) is 0 Å². The van der Waals surface area contributed by atoms with Crippen LogP contribution >= 0.6 is 12.2 Å². The van der Waals surface area contributed by atoms with Crippen molar-refractivity contribution in [3.05, 3.63) is 77.9 Å². The van der Waals surface area contributed by atoms with E-state index in [1.165, 1.54) is 6.07 Å². The van der Waals surface area contributed by atoms with Gasteiger partial charge in [-0.3, -0.25) is 5.43 Å². The average Bonchev–Trinajstić information content (AvgIpc) is 2.65. The smallest absolute Gasteiger partial charge is 0.187 e. The first-order chi connectivity index (χ1) is 12.5. The van der Waals surface area contributed by atoms with Crippen molar-refractivity contribution in [2.75, 3.05) is 6.54 Å². The summed E-state index contributed by atoms with van der Waals surface area (Å²) < 4.78 is 31.7. The number of hydrazone groups is 1. The molecule has 26 heavy (non-hydrogen) atoms. The molecule has 4 nitrogen and oxygen atoms in total. The molecule has 136 valence electrons. The maximum atomic E-state index is 13.2. The minimum absolute atomic E-state index is 0.147. The molecule has 0 spiro atoms. The van der Waals surface area contributed by atoms with E-state index in [1.54, 1.807) is 18.2 Å². The number of rotatable bonds is 7. The number of hydrogen-bond donors (Lipinski definition) is 2. The first kappa shape index (κ1) is 19.5. The van der Waals surface area contributed by atoms with Crippen LogP contribution in [-0.2, 0) is 6.61 Å². The van der Waals surface area contributed by atoms with Gasteiger partial charge in [-0.25, -0.2) is 8.78 Å². The molecule has 2 N–H and O–H groups in total. The highest BCUT2D eigenvalue weighted by Gasteiger charge is 2.04. The predicted molar refractivity (Wildman–Crippen MR) is 103 cm³/mol. The Balaban J connectivity index is 1.91. The summed E-state index contributed by atoms with van der Waals surface area (Å²) in [6.45, 7) is 6.15. The van der Waals surface area contributed by atoms with Gasteiger partial charge in [0, 0.05) is 6.54 Å². The number of hydrogen-bond acceptors (Lipinski definition) is 3. The number of nitrogens with one attached hydrogen (secondary N) is 2. The van der Waals surface area contributed by atoms with E-state index >= 15 is 0 Å². The van der Waals surface area contributed by atoms with Gasteiger partial charge in [-0.05, 0) is 66.7 Å². The number of nitrogens with zero attached hydrogens (tertiary/aromatic N) is 1. The Bertz CT molecular complexity index is 807. The van der Waals surface area contributed by atoms with Gasteiger partial charge in [-0.15, -0.1) is 6.58 Å². The van der Waals surface area contributed by atoms with Crippen LogP contribution in [0.4, 0.5) is 8.78 Å². The Hall–Kier alpha value is -2.80. The van der Waals surface area contributed by atoms with Crippen molar-refractivity contribution in [3.8, 4) is 5.75 Å². The van der Waals surface area contributed by atoms with Gasteiger partial charge >= 0.3 is 0 Å². The highest BCUT2D eigenvalue weighted by atomic mass is 32.1. The molecule has 2 aromatic carbocycles. The lowest BCUT2D eigenvalue weighted by molar-refractivity contribution is 0.305. The molecule has 0 bridgehead atoms. The molecular formula is C19H19F2N3OS. The Morgan fingerprint density at radius 1 is 1.19 bits per heavy atom. The van der Waals surface area contributed by atoms with Gasteiger partial charge in [0.15, 0.2) is 16.7 Å². The first-order valence-electron chi connectivity index (χ1n) is 7.86. The largest absolute Gasteiger partial charge is 0.489 e. The monoisotopic (exact) mass is 375 g/mol. The van der Waals surface area contributed by atoms with E-state index in [9.17, 15) is 8.78 Å². The Labute approximate surface area is 156 Å². The highest BCUT2D eigenvalue weighted by molar-refractivity contribution is 7.80. The fourth-order valence-electron chi connectivity index (χ4n) is 1.99. The van der Waals surface area contributed by atoms with Crippen molar-refractivity contribution in [2.24, 2.45) is 5.10 Å². The van der Waals surface area contributed by atoms with Crippen LogP contribution in [0.15, 0.2) is 60.2 Å². The van der Waals surface area contributed by atoms with E-state index in [0.29, 0.717) is 23.0 Å².